The molecular formula is C26H36O3S. The van der Waals surface area contributed by atoms with E-state index in [0.717, 1.165) is 24.8 Å². The maximum absolute atomic E-state index is 12.3. The molecule has 0 bridgehead atoms. The van der Waals surface area contributed by atoms with Gasteiger partial charge in [0.15, 0.2) is 0 Å². The molecule has 0 fully saturated rings. The van der Waals surface area contributed by atoms with Crippen molar-refractivity contribution in [3.63, 3.8) is 0 Å². The molecule has 0 unspecified atom stereocenters. The summed E-state index contributed by atoms with van der Waals surface area (Å²) in [7, 11) is 1.43. The Morgan fingerprint density at radius 3 is 2.13 bits per heavy atom. The molecule has 0 amide bonds. The average molecular weight is 429 g/mol. The standard InChI is InChI=1S/C26H36O3S/c1-9-26(10-2,22-16-18(4)23(30-22)24(28)29-8)20-13-11-19(17(3)15-20)12-14-21(27)25(5,6)7/h11,13,15-16H,9-10,12,14H2,1-8H3. The Labute approximate surface area is 185 Å². The van der Waals surface area contributed by atoms with Gasteiger partial charge in [0, 0.05) is 22.1 Å². The van der Waals surface area contributed by atoms with E-state index in [1.807, 2.05) is 27.7 Å². The molecule has 0 aliphatic rings. The topological polar surface area (TPSA) is 43.4 Å². The molecule has 0 radical (unpaired) electrons. The minimum Gasteiger partial charge on any atom is -0.465 e. The number of ether oxygens (including phenoxy) is 1. The van der Waals surface area contributed by atoms with Gasteiger partial charge in [0.05, 0.1) is 7.11 Å². The highest BCUT2D eigenvalue weighted by Crippen LogP contribution is 2.44. The van der Waals surface area contributed by atoms with Crippen LogP contribution in [0.4, 0.5) is 0 Å². The molecule has 164 valence electrons. The van der Waals surface area contributed by atoms with E-state index < -0.39 is 0 Å². The summed E-state index contributed by atoms with van der Waals surface area (Å²) in [4.78, 5) is 26.4. The predicted molar refractivity (Wildman–Crippen MR) is 126 cm³/mol. The zero-order chi connectivity index (χ0) is 22.7. The second-order valence-electron chi connectivity index (χ2n) is 9.22. The van der Waals surface area contributed by atoms with Gasteiger partial charge in [-0.2, -0.15) is 0 Å². The minimum absolute atomic E-state index is 0.133. The van der Waals surface area contributed by atoms with Crippen molar-refractivity contribution in [2.75, 3.05) is 7.11 Å². The van der Waals surface area contributed by atoms with Gasteiger partial charge in [0.25, 0.3) is 0 Å². The minimum atomic E-state index is -0.290. The summed E-state index contributed by atoms with van der Waals surface area (Å²) in [5.41, 5.74) is 4.28. The maximum Gasteiger partial charge on any atom is 0.348 e. The van der Waals surface area contributed by atoms with Gasteiger partial charge >= 0.3 is 5.97 Å². The summed E-state index contributed by atoms with van der Waals surface area (Å²) in [6.07, 6.45) is 3.25. The largest absolute Gasteiger partial charge is 0.465 e. The number of rotatable bonds is 8. The molecule has 0 atom stereocenters. The van der Waals surface area contributed by atoms with E-state index in [4.69, 9.17) is 4.74 Å². The van der Waals surface area contributed by atoms with Crippen LogP contribution < -0.4 is 0 Å². The highest BCUT2D eigenvalue weighted by atomic mass is 32.1. The summed E-state index contributed by atoms with van der Waals surface area (Å²) in [5.74, 6) is 0.0340. The van der Waals surface area contributed by atoms with Gasteiger partial charge in [0.2, 0.25) is 0 Å². The molecule has 0 spiro atoms. The fourth-order valence-corrected chi connectivity index (χ4v) is 5.50. The number of carbonyl (C=O) groups excluding carboxylic acids is 2. The fourth-order valence-electron chi connectivity index (χ4n) is 4.06. The van der Waals surface area contributed by atoms with Crippen LogP contribution in [0.1, 0.15) is 90.7 Å². The molecule has 1 aromatic heterocycles. The van der Waals surface area contributed by atoms with Crippen LogP contribution in [-0.2, 0) is 21.4 Å². The second-order valence-corrected chi connectivity index (χ2v) is 10.3. The van der Waals surface area contributed by atoms with Gasteiger partial charge in [-0.1, -0.05) is 52.8 Å². The van der Waals surface area contributed by atoms with E-state index in [-0.39, 0.29) is 16.8 Å². The lowest BCUT2D eigenvalue weighted by Gasteiger charge is -2.32. The summed E-state index contributed by atoms with van der Waals surface area (Å²) in [6, 6.07) is 8.82. The first-order chi connectivity index (χ1) is 14.0. The number of aryl methyl sites for hydroxylation is 3. The van der Waals surface area contributed by atoms with E-state index in [2.05, 4.69) is 45.0 Å². The summed E-state index contributed by atoms with van der Waals surface area (Å²) >= 11 is 1.55. The number of esters is 1. The number of Topliss-reactive ketones (excluding diaryl/α,β-unsaturated/α-hetero) is 1. The van der Waals surface area contributed by atoms with Crippen LogP contribution in [0.25, 0.3) is 0 Å². The van der Waals surface area contributed by atoms with E-state index in [0.29, 0.717) is 17.1 Å². The highest BCUT2D eigenvalue weighted by Gasteiger charge is 2.34. The molecule has 2 aromatic rings. The third-order valence-corrected chi connectivity index (χ3v) is 7.74. The molecule has 0 aliphatic carbocycles. The molecule has 0 saturated carbocycles. The van der Waals surface area contributed by atoms with Gasteiger partial charge < -0.3 is 4.74 Å². The molecule has 3 nitrogen and oxygen atoms in total. The van der Waals surface area contributed by atoms with Crippen LogP contribution >= 0.6 is 11.3 Å². The average Bonchev–Trinajstić information content (AvgIpc) is 3.09. The van der Waals surface area contributed by atoms with Crippen molar-refractivity contribution in [1.29, 1.82) is 0 Å². The van der Waals surface area contributed by atoms with Crippen molar-refractivity contribution in [2.45, 2.75) is 79.6 Å². The van der Waals surface area contributed by atoms with Crippen molar-refractivity contribution in [3.8, 4) is 0 Å². The zero-order valence-electron chi connectivity index (χ0n) is 19.8. The fraction of sp³-hybridized carbons (Fsp3) is 0.538. The molecule has 0 aliphatic heterocycles. The molecule has 0 N–H and O–H groups in total. The highest BCUT2D eigenvalue weighted by molar-refractivity contribution is 7.14. The number of thiophene rings is 1. The Balaban J connectivity index is 2.40. The quantitative estimate of drug-likeness (QED) is 0.434. The lowest BCUT2D eigenvalue weighted by atomic mass is 9.73. The van der Waals surface area contributed by atoms with E-state index in [1.54, 1.807) is 11.3 Å². The molecule has 1 heterocycles. The zero-order valence-corrected chi connectivity index (χ0v) is 20.6. The van der Waals surface area contributed by atoms with Crippen molar-refractivity contribution >= 4 is 23.1 Å². The number of carbonyl (C=O) groups is 2. The number of hydrogen-bond donors (Lipinski definition) is 0. The third kappa shape index (κ3) is 4.85. The monoisotopic (exact) mass is 428 g/mol. The first-order valence-electron chi connectivity index (χ1n) is 10.8. The van der Waals surface area contributed by atoms with Crippen LogP contribution in [-0.4, -0.2) is 18.9 Å². The van der Waals surface area contributed by atoms with E-state index in [9.17, 15) is 9.59 Å². The molecular weight excluding hydrogens is 392 g/mol. The van der Waals surface area contributed by atoms with Gasteiger partial charge in [-0.05, 0) is 61.4 Å². The van der Waals surface area contributed by atoms with Crippen molar-refractivity contribution in [2.24, 2.45) is 5.41 Å². The first kappa shape index (κ1) is 24.3. The van der Waals surface area contributed by atoms with Gasteiger partial charge in [0.1, 0.15) is 10.7 Å². The summed E-state index contributed by atoms with van der Waals surface area (Å²) in [6.45, 7) is 14.5. The van der Waals surface area contributed by atoms with Crippen LogP contribution in [0.3, 0.4) is 0 Å². The number of hydrogen-bond acceptors (Lipinski definition) is 4. The smallest absolute Gasteiger partial charge is 0.348 e. The number of ketones is 1. The van der Waals surface area contributed by atoms with Gasteiger partial charge in [-0.15, -0.1) is 11.3 Å². The van der Waals surface area contributed by atoms with Crippen molar-refractivity contribution < 1.29 is 14.3 Å². The van der Waals surface area contributed by atoms with Crippen LogP contribution in [0.2, 0.25) is 0 Å². The Morgan fingerprint density at radius 1 is 1.00 bits per heavy atom. The van der Waals surface area contributed by atoms with Crippen LogP contribution in [0, 0.1) is 19.3 Å². The third-order valence-electron chi connectivity index (χ3n) is 6.32. The predicted octanol–water partition coefficient (Wildman–Crippen LogP) is 6.81. The molecule has 1 aromatic carbocycles. The maximum atomic E-state index is 12.3. The molecule has 4 heteroatoms. The lowest BCUT2D eigenvalue weighted by molar-refractivity contribution is -0.126. The van der Waals surface area contributed by atoms with E-state index >= 15 is 0 Å². The summed E-state index contributed by atoms with van der Waals surface area (Å²) < 4.78 is 4.96. The SMILES string of the molecule is CCC(CC)(c1ccc(CCC(=O)C(C)(C)C)c(C)c1)c1cc(C)c(C(=O)OC)s1. The summed E-state index contributed by atoms with van der Waals surface area (Å²) in [5, 5.41) is 0. The number of benzene rings is 1. The van der Waals surface area contributed by atoms with Crippen LogP contribution in [0.5, 0.6) is 0 Å². The first-order valence-corrected chi connectivity index (χ1v) is 11.6. The van der Waals surface area contributed by atoms with E-state index in [1.165, 1.54) is 28.7 Å². The van der Waals surface area contributed by atoms with Crippen molar-refractivity contribution in [1.82, 2.24) is 0 Å². The molecule has 2 rings (SSSR count). The Morgan fingerprint density at radius 2 is 1.63 bits per heavy atom. The Kier molecular flexibility index (Phi) is 7.68. The van der Waals surface area contributed by atoms with Gasteiger partial charge in [-0.25, -0.2) is 4.79 Å². The second kappa shape index (κ2) is 9.47. The lowest BCUT2D eigenvalue weighted by Crippen LogP contribution is -2.25. The number of methoxy groups -OCH3 is 1. The van der Waals surface area contributed by atoms with Crippen molar-refractivity contribution in [3.05, 3.63) is 56.3 Å². The molecule has 0 saturated heterocycles. The Hall–Kier alpha value is -1.94. The van der Waals surface area contributed by atoms with Crippen LogP contribution in [0.15, 0.2) is 24.3 Å². The normalized spacial score (nSPS) is 12.1. The Bertz CT molecular complexity index is 911. The molecule has 30 heavy (non-hydrogen) atoms. The van der Waals surface area contributed by atoms with Gasteiger partial charge in [-0.3, -0.25) is 4.79 Å².